The fraction of sp³-hybridized carbons (Fsp3) is 0. The van der Waals surface area contributed by atoms with Gasteiger partial charge in [-0.15, -0.1) is 11.3 Å². The van der Waals surface area contributed by atoms with Crippen LogP contribution in [0.15, 0.2) is 60.7 Å². The van der Waals surface area contributed by atoms with Crippen LogP contribution in [0.5, 0.6) is 0 Å². The predicted molar refractivity (Wildman–Crippen MR) is 89.9 cm³/mol. The van der Waals surface area contributed by atoms with Crippen LogP contribution in [0, 0.1) is 0 Å². The normalized spacial score (nSPS) is 10.9. The summed E-state index contributed by atoms with van der Waals surface area (Å²) in [5, 5.41) is 10.1. The first-order valence-electron chi connectivity index (χ1n) is 6.77. The molecule has 0 saturated carbocycles. The van der Waals surface area contributed by atoms with E-state index < -0.39 is 5.97 Å². The molecule has 0 spiro atoms. The van der Waals surface area contributed by atoms with Crippen LogP contribution in [0.1, 0.15) is 20.9 Å². The van der Waals surface area contributed by atoms with E-state index in [0.717, 1.165) is 11.1 Å². The van der Waals surface area contributed by atoms with Crippen LogP contribution in [0.25, 0.3) is 22.7 Å². The van der Waals surface area contributed by atoms with Crippen molar-refractivity contribution in [2.45, 2.75) is 0 Å². The van der Waals surface area contributed by atoms with E-state index in [1.54, 1.807) is 6.08 Å². The smallest absolute Gasteiger partial charge is 0.348 e. The fourth-order valence-corrected chi connectivity index (χ4v) is 2.94. The zero-order valence-corrected chi connectivity index (χ0v) is 12.5. The van der Waals surface area contributed by atoms with Crippen LogP contribution in [-0.4, -0.2) is 16.1 Å². The summed E-state index contributed by atoms with van der Waals surface area (Å²) in [6.45, 7) is 0. The number of hydrogen-bond acceptors (Lipinski definition) is 3. The summed E-state index contributed by atoms with van der Waals surface area (Å²) >= 11 is 1.19. The highest BCUT2D eigenvalue weighted by Gasteiger charge is 2.16. The van der Waals surface area contributed by atoms with Crippen LogP contribution >= 0.6 is 11.3 Å². The SMILES string of the molecule is O=C(O)c1sc(-c2ccccc2)nc1/C=C/c1ccccc1. The Bertz CT molecular complexity index is 808. The number of benzene rings is 2. The molecule has 2 aromatic carbocycles. The molecular formula is C18H13NO2S. The van der Waals surface area contributed by atoms with Crippen molar-refractivity contribution in [2.24, 2.45) is 0 Å². The Balaban J connectivity index is 1.98. The molecule has 0 aliphatic heterocycles. The molecule has 1 aromatic heterocycles. The minimum atomic E-state index is -0.951. The van der Waals surface area contributed by atoms with Gasteiger partial charge < -0.3 is 5.11 Å². The molecule has 0 bridgehead atoms. The number of hydrogen-bond donors (Lipinski definition) is 1. The molecule has 1 N–H and O–H groups in total. The quantitative estimate of drug-likeness (QED) is 0.761. The van der Waals surface area contributed by atoms with E-state index in [-0.39, 0.29) is 4.88 Å². The molecule has 0 fully saturated rings. The first kappa shape index (κ1) is 14.2. The monoisotopic (exact) mass is 307 g/mol. The third-order valence-corrected chi connectivity index (χ3v) is 4.21. The molecule has 0 radical (unpaired) electrons. The molecule has 0 aliphatic carbocycles. The summed E-state index contributed by atoms with van der Waals surface area (Å²) in [4.78, 5) is 16.1. The van der Waals surface area contributed by atoms with Crippen molar-refractivity contribution in [1.29, 1.82) is 0 Å². The summed E-state index contributed by atoms with van der Waals surface area (Å²) in [5.41, 5.74) is 2.42. The van der Waals surface area contributed by atoms with Gasteiger partial charge in [0.2, 0.25) is 0 Å². The second-order valence-corrected chi connectivity index (χ2v) is 5.65. The molecule has 22 heavy (non-hydrogen) atoms. The number of carbonyl (C=O) groups is 1. The van der Waals surface area contributed by atoms with Crippen LogP contribution in [0.3, 0.4) is 0 Å². The number of nitrogens with zero attached hydrogens (tertiary/aromatic N) is 1. The standard InChI is InChI=1S/C18H13NO2S/c20-18(21)16-15(12-11-13-7-3-1-4-8-13)19-17(22-16)14-9-5-2-6-10-14/h1-12H,(H,20,21)/b12-11+. The zero-order chi connectivity index (χ0) is 15.4. The van der Waals surface area contributed by atoms with Crippen LogP contribution in [0.2, 0.25) is 0 Å². The number of carboxylic acids is 1. The Morgan fingerprint density at radius 3 is 2.23 bits per heavy atom. The number of rotatable bonds is 4. The molecule has 0 aliphatic rings. The van der Waals surface area contributed by atoms with Gasteiger partial charge in [0.1, 0.15) is 9.88 Å². The van der Waals surface area contributed by atoms with Gasteiger partial charge in [0.05, 0.1) is 5.69 Å². The predicted octanol–water partition coefficient (Wildman–Crippen LogP) is 4.68. The molecule has 0 unspecified atom stereocenters. The van der Waals surface area contributed by atoms with E-state index in [2.05, 4.69) is 4.98 Å². The van der Waals surface area contributed by atoms with Crippen molar-refractivity contribution < 1.29 is 9.90 Å². The van der Waals surface area contributed by atoms with E-state index in [1.807, 2.05) is 66.7 Å². The first-order chi connectivity index (χ1) is 10.7. The third kappa shape index (κ3) is 3.13. The molecule has 4 heteroatoms. The average Bonchev–Trinajstić information content (AvgIpc) is 2.99. The van der Waals surface area contributed by atoms with Gasteiger partial charge in [-0.2, -0.15) is 0 Å². The van der Waals surface area contributed by atoms with Crippen molar-refractivity contribution in [1.82, 2.24) is 4.98 Å². The van der Waals surface area contributed by atoms with Gasteiger partial charge in [0, 0.05) is 5.56 Å². The molecule has 0 saturated heterocycles. The highest BCUT2D eigenvalue weighted by atomic mass is 32.1. The molecule has 0 amide bonds. The first-order valence-corrected chi connectivity index (χ1v) is 7.58. The van der Waals surface area contributed by atoms with Crippen molar-refractivity contribution >= 4 is 29.5 Å². The zero-order valence-electron chi connectivity index (χ0n) is 11.6. The van der Waals surface area contributed by atoms with Crippen LogP contribution in [0.4, 0.5) is 0 Å². The summed E-state index contributed by atoms with van der Waals surface area (Å²) in [6.07, 6.45) is 3.62. The highest BCUT2D eigenvalue weighted by molar-refractivity contribution is 7.17. The number of aromatic carboxylic acids is 1. The Morgan fingerprint density at radius 1 is 0.955 bits per heavy atom. The maximum absolute atomic E-state index is 11.4. The van der Waals surface area contributed by atoms with E-state index in [1.165, 1.54) is 11.3 Å². The van der Waals surface area contributed by atoms with Crippen molar-refractivity contribution in [3.63, 3.8) is 0 Å². The minimum Gasteiger partial charge on any atom is -0.477 e. The lowest BCUT2D eigenvalue weighted by atomic mass is 10.2. The van der Waals surface area contributed by atoms with E-state index in [0.29, 0.717) is 10.7 Å². The fourth-order valence-electron chi connectivity index (χ4n) is 2.04. The second kappa shape index (κ2) is 6.37. The molecule has 3 aromatic rings. The highest BCUT2D eigenvalue weighted by Crippen LogP contribution is 2.29. The largest absolute Gasteiger partial charge is 0.477 e. The number of aromatic nitrogens is 1. The lowest BCUT2D eigenvalue weighted by Crippen LogP contribution is -1.94. The van der Waals surface area contributed by atoms with E-state index in [4.69, 9.17) is 0 Å². The molecule has 0 atom stereocenters. The van der Waals surface area contributed by atoms with Crippen LogP contribution < -0.4 is 0 Å². The van der Waals surface area contributed by atoms with Crippen LogP contribution in [-0.2, 0) is 0 Å². The van der Waals surface area contributed by atoms with Crippen molar-refractivity contribution in [3.05, 3.63) is 76.8 Å². The average molecular weight is 307 g/mol. The molecular weight excluding hydrogens is 294 g/mol. The summed E-state index contributed by atoms with van der Waals surface area (Å²) < 4.78 is 0. The lowest BCUT2D eigenvalue weighted by molar-refractivity contribution is 0.0701. The molecule has 3 rings (SSSR count). The molecule has 1 heterocycles. The summed E-state index contributed by atoms with van der Waals surface area (Å²) in [5.74, 6) is -0.951. The topological polar surface area (TPSA) is 50.2 Å². The van der Waals surface area contributed by atoms with Crippen molar-refractivity contribution in [3.8, 4) is 10.6 Å². The minimum absolute atomic E-state index is 0.256. The Kier molecular flexibility index (Phi) is 4.12. The second-order valence-electron chi connectivity index (χ2n) is 4.65. The summed E-state index contributed by atoms with van der Waals surface area (Å²) in [7, 11) is 0. The third-order valence-electron chi connectivity index (χ3n) is 3.10. The maximum Gasteiger partial charge on any atom is 0.348 e. The van der Waals surface area contributed by atoms with Gasteiger partial charge in [-0.25, -0.2) is 9.78 Å². The van der Waals surface area contributed by atoms with Gasteiger partial charge in [-0.1, -0.05) is 66.7 Å². The summed E-state index contributed by atoms with van der Waals surface area (Å²) in [6, 6.07) is 19.3. The molecule has 108 valence electrons. The Hall–Kier alpha value is -2.72. The van der Waals surface area contributed by atoms with Gasteiger partial charge in [0.25, 0.3) is 0 Å². The molecule has 3 nitrogen and oxygen atoms in total. The van der Waals surface area contributed by atoms with Gasteiger partial charge in [0.15, 0.2) is 0 Å². The number of carboxylic acid groups (broad SMARTS) is 1. The lowest BCUT2D eigenvalue weighted by Gasteiger charge is -1.93. The Labute approximate surface area is 132 Å². The van der Waals surface area contributed by atoms with Gasteiger partial charge in [-0.3, -0.25) is 0 Å². The number of thiazole rings is 1. The Morgan fingerprint density at radius 2 is 1.59 bits per heavy atom. The van der Waals surface area contributed by atoms with E-state index in [9.17, 15) is 9.90 Å². The van der Waals surface area contributed by atoms with E-state index >= 15 is 0 Å². The van der Waals surface area contributed by atoms with Gasteiger partial charge >= 0.3 is 5.97 Å². The van der Waals surface area contributed by atoms with Gasteiger partial charge in [-0.05, 0) is 11.6 Å². The van der Waals surface area contributed by atoms with Crippen molar-refractivity contribution in [2.75, 3.05) is 0 Å². The maximum atomic E-state index is 11.4.